The van der Waals surface area contributed by atoms with Gasteiger partial charge in [0.25, 0.3) is 5.60 Å². The molecule has 2 heterocycles. The molecule has 0 amide bonds. The summed E-state index contributed by atoms with van der Waals surface area (Å²) in [5, 5.41) is 12.5. The molecule has 2 aliphatic carbocycles. The number of quaternary nitrogens is 1. The maximum absolute atomic E-state index is 14.0. The highest BCUT2D eigenvalue weighted by molar-refractivity contribution is 6.23. The number of carbonyl (C=O) groups is 3. The van der Waals surface area contributed by atoms with E-state index in [1.54, 1.807) is 0 Å². The summed E-state index contributed by atoms with van der Waals surface area (Å²) in [6, 6.07) is 0. The fraction of sp³-hybridized carbons (Fsp3) is 0.821. The monoisotopic (exact) mass is 505 g/mol. The van der Waals surface area contributed by atoms with Gasteiger partial charge in [0.1, 0.15) is 6.17 Å². The molecule has 2 saturated heterocycles. The van der Waals surface area contributed by atoms with Crippen molar-refractivity contribution in [3.05, 3.63) is 11.1 Å². The molecule has 2 saturated carbocycles. The minimum Gasteiger partial charge on any atom is -0.466 e. The largest absolute Gasteiger partial charge is 0.466 e. The van der Waals surface area contributed by atoms with Crippen molar-refractivity contribution in [3.63, 3.8) is 0 Å². The van der Waals surface area contributed by atoms with E-state index >= 15 is 0 Å². The van der Waals surface area contributed by atoms with E-state index in [1.165, 1.54) is 7.11 Å². The zero-order chi connectivity index (χ0) is 26.3. The topological polar surface area (TPSA) is 136 Å². The summed E-state index contributed by atoms with van der Waals surface area (Å²) in [4.78, 5) is 41.1. The Labute approximate surface area is 214 Å². The molecule has 5 unspecified atom stereocenters. The first-order chi connectivity index (χ1) is 17.1. The van der Waals surface area contributed by atoms with Crippen molar-refractivity contribution in [2.75, 3.05) is 20.3 Å². The van der Waals surface area contributed by atoms with Crippen LogP contribution in [-0.2, 0) is 23.9 Å². The van der Waals surface area contributed by atoms with E-state index in [2.05, 4.69) is 19.2 Å². The summed E-state index contributed by atoms with van der Waals surface area (Å²) >= 11 is 0. The number of fused-ring (bicyclic) bond motifs is 2. The molecule has 7 atom stereocenters. The molecule has 0 aromatic heterocycles. The molecule has 202 valence electrons. The van der Waals surface area contributed by atoms with Gasteiger partial charge in [-0.1, -0.05) is 25.8 Å². The predicted molar refractivity (Wildman–Crippen MR) is 133 cm³/mol. The molecule has 5 N–H and O–H groups in total. The summed E-state index contributed by atoms with van der Waals surface area (Å²) in [5.41, 5.74) is 4.34. The number of esters is 1. The second kappa shape index (κ2) is 10.6. The molecule has 0 aromatic carbocycles. The summed E-state index contributed by atoms with van der Waals surface area (Å²) in [5.74, 6) is -1.17. The van der Waals surface area contributed by atoms with Crippen LogP contribution in [0.2, 0.25) is 0 Å². The Kier molecular flexibility index (Phi) is 8.10. The lowest BCUT2D eigenvalue weighted by Crippen LogP contribution is -2.94. The standard InChI is InChI=1S/C28H44N2O6/c1-16(2)12-19-6-5-7-21-23(19)25(33)28(26(34)35-4)27(36-28,24(21)32)14-20(15-31)17(3)8-9-18-10-11-30-22(29)13-18/h16,18-19,21-23,30-31H,5-15,29H2,1-4H3/p+1/t18?,19?,21?,22?,23?,27-,28+/m0/s1. The number of piperidine rings is 1. The number of methoxy groups -OCH3 is 1. The van der Waals surface area contributed by atoms with E-state index in [0.29, 0.717) is 23.8 Å². The first kappa shape index (κ1) is 27.4. The Morgan fingerprint density at radius 2 is 2.00 bits per heavy atom. The fourth-order valence-electron chi connectivity index (χ4n) is 7.44. The average molecular weight is 506 g/mol. The van der Waals surface area contributed by atoms with Gasteiger partial charge >= 0.3 is 5.97 Å². The Morgan fingerprint density at radius 3 is 2.64 bits per heavy atom. The van der Waals surface area contributed by atoms with Crippen LogP contribution in [0.1, 0.15) is 78.6 Å². The zero-order valence-corrected chi connectivity index (χ0v) is 22.4. The number of rotatable bonds is 9. The van der Waals surface area contributed by atoms with Crippen LogP contribution in [0.25, 0.3) is 0 Å². The van der Waals surface area contributed by atoms with Crippen molar-refractivity contribution in [1.29, 1.82) is 0 Å². The van der Waals surface area contributed by atoms with Crippen LogP contribution in [-0.4, -0.2) is 60.3 Å². The molecule has 0 bridgehead atoms. The molecule has 0 aromatic rings. The lowest BCUT2D eigenvalue weighted by Gasteiger charge is -2.42. The number of hydrogen-bond donors (Lipinski definition) is 3. The fourth-order valence-corrected chi connectivity index (χ4v) is 7.44. The number of carbonyl (C=O) groups excluding carboxylic acids is 3. The van der Waals surface area contributed by atoms with Gasteiger partial charge in [0.2, 0.25) is 0 Å². The second-order valence-corrected chi connectivity index (χ2v) is 12.1. The molecule has 8 heteroatoms. The molecular formula is C28H45N2O6+. The van der Waals surface area contributed by atoms with E-state index in [4.69, 9.17) is 15.2 Å². The second-order valence-electron chi connectivity index (χ2n) is 12.1. The third-order valence-electron chi connectivity index (χ3n) is 9.35. The van der Waals surface area contributed by atoms with Crippen LogP contribution < -0.4 is 11.1 Å². The van der Waals surface area contributed by atoms with E-state index in [-0.39, 0.29) is 36.7 Å². The maximum Gasteiger partial charge on any atom is 0.349 e. The summed E-state index contributed by atoms with van der Waals surface area (Å²) < 4.78 is 11.1. The molecule has 4 rings (SSSR count). The van der Waals surface area contributed by atoms with Crippen molar-refractivity contribution in [2.24, 2.45) is 35.3 Å². The number of aliphatic hydroxyl groups is 1. The summed E-state index contributed by atoms with van der Waals surface area (Å²) in [6.07, 6.45) is 7.27. The number of nitrogens with two attached hydrogens (primary N) is 2. The molecule has 36 heavy (non-hydrogen) atoms. The molecule has 0 spiro atoms. The van der Waals surface area contributed by atoms with Gasteiger partial charge in [0.05, 0.1) is 20.3 Å². The highest BCUT2D eigenvalue weighted by atomic mass is 16.7. The summed E-state index contributed by atoms with van der Waals surface area (Å²) in [7, 11) is 1.24. The first-order valence-corrected chi connectivity index (χ1v) is 13.9. The number of ketones is 2. The van der Waals surface area contributed by atoms with Crippen LogP contribution >= 0.6 is 0 Å². The van der Waals surface area contributed by atoms with E-state index in [9.17, 15) is 19.5 Å². The number of epoxide rings is 1. The number of hydrogen-bond acceptors (Lipinski definition) is 7. The van der Waals surface area contributed by atoms with E-state index in [1.807, 2.05) is 6.92 Å². The zero-order valence-electron chi connectivity index (χ0n) is 22.4. The summed E-state index contributed by atoms with van der Waals surface area (Å²) in [6.45, 7) is 6.99. The van der Waals surface area contributed by atoms with Crippen LogP contribution in [0.3, 0.4) is 0 Å². The lowest BCUT2D eigenvalue weighted by atomic mass is 9.56. The smallest absolute Gasteiger partial charge is 0.349 e. The minimum absolute atomic E-state index is 0.0605. The van der Waals surface area contributed by atoms with Gasteiger partial charge in [-0.05, 0) is 68.8 Å². The van der Waals surface area contributed by atoms with Crippen molar-refractivity contribution in [1.82, 2.24) is 0 Å². The van der Waals surface area contributed by atoms with Crippen molar-refractivity contribution < 1.29 is 34.3 Å². The van der Waals surface area contributed by atoms with Gasteiger partial charge in [-0.3, -0.25) is 15.3 Å². The van der Waals surface area contributed by atoms with Gasteiger partial charge in [0.15, 0.2) is 17.2 Å². The van der Waals surface area contributed by atoms with Gasteiger partial charge in [0, 0.05) is 24.7 Å². The van der Waals surface area contributed by atoms with Crippen LogP contribution in [0.4, 0.5) is 0 Å². The Morgan fingerprint density at radius 1 is 1.25 bits per heavy atom. The highest BCUT2D eigenvalue weighted by Gasteiger charge is 2.87. The number of allylic oxidation sites excluding steroid dienone is 1. The van der Waals surface area contributed by atoms with Crippen LogP contribution in [0.15, 0.2) is 11.1 Å². The first-order valence-electron chi connectivity index (χ1n) is 13.9. The maximum atomic E-state index is 14.0. The molecule has 0 radical (unpaired) electrons. The van der Waals surface area contributed by atoms with Gasteiger partial charge in [-0.15, -0.1) is 0 Å². The number of ether oxygens (including phenoxy) is 2. The molecule has 8 nitrogen and oxygen atoms in total. The van der Waals surface area contributed by atoms with Gasteiger partial charge in [-0.2, -0.15) is 0 Å². The average Bonchev–Trinajstić information content (AvgIpc) is 3.55. The van der Waals surface area contributed by atoms with Crippen LogP contribution in [0, 0.1) is 29.6 Å². The van der Waals surface area contributed by atoms with Crippen LogP contribution in [0.5, 0.6) is 0 Å². The minimum atomic E-state index is -1.88. The predicted octanol–water partition coefficient (Wildman–Crippen LogP) is 1.63. The third kappa shape index (κ3) is 4.59. The number of aliphatic hydroxyl groups excluding tert-OH is 1. The quantitative estimate of drug-likeness (QED) is 0.188. The van der Waals surface area contributed by atoms with Crippen molar-refractivity contribution >= 4 is 17.5 Å². The highest BCUT2D eigenvalue weighted by Crippen LogP contribution is 2.63. The third-order valence-corrected chi connectivity index (χ3v) is 9.35. The van der Waals surface area contributed by atoms with E-state index < -0.39 is 29.0 Å². The molecular weight excluding hydrogens is 460 g/mol. The van der Waals surface area contributed by atoms with Gasteiger partial charge in [-0.25, -0.2) is 4.79 Å². The van der Waals surface area contributed by atoms with Gasteiger partial charge < -0.3 is 19.9 Å². The van der Waals surface area contributed by atoms with Crippen molar-refractivity contribution in [2.45, 2.75) is 95.9 Å². The van der Waals surface area contributed by atoms with E-state index in [0.717, 1.165) is 57.1 Å². The molecule has 2 aliphatic heterocycles. The molecule has 4 fully saturated rings. The Bertz CT molecular complexity index is 916. The number of Topliss-reactive ketones (excluding diaryl/α,β-unsaturated/α-hetero) is 2. The normalized spacial score (nSPS) is 38.8. The Balaban J connectivity index is 1.60. The lowest BCUT2D eigenvalue weighted by molar-refractivity contribution is -0.699. The van der Waals surface area contributed by atoms with Crippen molar-refractivity contribution in [3.8, 4) is 0 Å². The SMILES string of the molecule is COC(=O)[C@@]12O[C@@]1(CC(CO)=C(C)CCC1CC[NH2+]C(N)C1)C(=O)C1CCCC(CC(C)C)C1C2=O. The Hall–Kier alpha value is -1.61. The molecule has 4 aliphatic rings.